The van der Waals surface area contributed by atoms with Gasteiger partial charge in [0.2, 0.25) is 0 Å². The van der Waals surface area contributed by atoms with Crippen LogP contribution in [-0.4, -0.2) is 16.1 Å². The van der Waals surface area contributed by atoms with Crippen molar-refractivity contribution in [2.45, 2.75) is 25.9 Å². The zero-order chi connectivity index (χ0) is 15.0. The molecular formula is C10H9F5N2O2. The fraction of sp³-hybridized carbons (Fsp3) is 0.400. The van der Waals surface area contributed by atoms with E-state index >= 15 is 0 Å². The summed E-state index contributed by atoms with van der Waals surface area (Å²) in [5.74, 6) is -1.79. The molecule has 1 aromatic heterocycles. The van der Waals surface area contributed by atoms with Crippen LogP contribution in [0, 0.1) is 0 Å². The quantitative estimate of drug-likeness (QED) is 0.837. The van der Waals surface area contributed by atoms with Crippen molar-refractivity contribution in [1.29, 1.82) is 0 Å². The standard InChI is InChI=1S/C10H9F5N2O2/c1-2-3-4(9(18)19)6(8(11)12)17-7(5(3)16)10(13,14)15/h8H,2,16H2,1H3,(H,18,19). The van der Waals surface area contributed by atoms with Crippen LogP contribution in [0.4, 0.5) is 27.6 Å². The fourth-order valence-electron chi connectivity index (χ4n) is 1.65. The minimum absolute atomic E-state index is 0.237. The van der Waals surface area contributed by atoms with Crippen molar-refractivity contribution in [1.82, 2.24) is 4.98 Å². The molecule has 3 N–H and O–H groups in total. The van der Waals surface area contributed by atoms with E-state index in [1.165, 1.54) is 6.92 Å². The van der Waals surface area contributed by atoms with Gasteiger partial charge in [0.15, 0.2) is 5.69 Å². The van der Waals surface area contributed by atoms with Crippen molar-refractivity contribution in [2.24, 2.45) is 0 Å². The van der Waals surface area contributed by atoms with Crippen LogP contribution in [0.1, 0.15) is 40.7 Å². The van der Waals surface area contributed by atoms with Crippen LogP contribution in [0.25, 0.3) is 0 Å². The van der Waals surface area contributed by atoms with Crippen LogP contribution in [0.15, 0.2) is 0 Å². The normalized spacial score (nSPS) is 11.9. The second kappa shape index (κ2) is 4.98. The molecule has 0 aliphatic rings. The highest BCUT2D eigenvalue weighted by Gasteiger charge is 2.39. The topological polar surface area (TPSA) is 76.2 Å². The summed E-state index contributed by atoms with van der Waals surface area (Å²) in [6.45, 7) is 1.31. The molecule has 4 nitrogen and oxygen atoms in total. The number of alkyl halides is 5. The summed E-state index contributed by atoms with van der Waals surface area (Å²) in [6, 6.07) is 0. The van der Waals surface area contributed by atoms with E-state index < -0.39 is 46.8 Å². The monoisotopic (exact) mass is 284 g/mol. The van der Waals surface area contributed by atoms with E-state index in [1.54, 1.807) is 0 Å². The van der Waals surface area contributed by atoms with Gasteiger partial charge < -0.3 is 10.8 Å². The number of nitrogens with zero attached hydrogens (tertiary/aromatic N) is 1. The molecule has 0 unspecified atom stereocenters. The number of hydrogen-bond donors (Lipinski definition) is 2. The minimum atomic E-state index is -5.03. The summed E-state index contributed by atoms with van der Waals surface area (Å²) < 4.78 is 63.2. The van der Waals surface area contributed by atoms with Crippen molar-refractivity contribution in [3.63, 3.8) is 0 Å². The number of aromatic carboxylic acids is 1. The molecule has 0 aliphatic heterocycles. The van der Waals surface area contributed by atoms with Crippen LogP contribution in [0.5, 0.6) is 0 Å². The Balaban J connectivity index is 3.77. The van der Waals surface area contributed by atoms with Gasteiger partial charge in [0.25, 0.3) is 6.43 Å². The van der Waals surface area contributed by atoms with Gasteiger partial charge in [0.05, 0.1) is 11.3 Å². The number of carbonyl (C=O) groups is 1. The molecule has 0 saturated heterocycles. The number of halogens is 5. The van der Waals surface area contributed by atoms with Crippen LogP contribution in [0.3, 0.4) is 0 Å². The van der Waals surface area contributed by atoms with Gasteiger partial charge in [-0.3, -0.25) is 0 Å². The lowest BCUT2D eigenvalue weighted by Gasteiger charge is -2.17. The highest BCUT2D eigenvalue weighted by atomic mass is 19.4. The van der Waals surface area contributed by atoms with Crippen LogP contribution < -0.4 is 5.73 Å². The van der Waals surface area contributed by atoms with Crippen LogP contribution in [0.2, 0.25) is 0 Å². The van der Waals surface area contributed by atoms with Gasteiger partial charge in [-0.2, -0.15) is 13.2 Å². The van der Waals surface area contributed by atoms with Gasteiger partial charge in [-0.1, -0.05) is 6.92 Å². The Bertz CT molecular complexity index is 514. The van der Waals surface area contributed by atoms with E-state index in [1.807, 2.05) is 0 Å². The summed E-state index contributed by atoms with van der Waals surface area (Å²) in [4.78, 5) is 13.6. The first-order valence-electron chi connectivity index (χ1n) is 5.02. The van der Waals surface area contributed by atoms with Gasteiger partial charge in [-0.15, -0.1) is 0 Å². The Hall–Kier alpha value is -1.93. The maximum absolute atomic E-state index is 12.7. The second-order valence-corrected chi connectivity index (χ2v) is 3.57. The number of carboxylic acids is 1. The Morgan fingerprint density at radius 3 is 2.26 bits per heavy atom. The molecule has 0 amide bonds. The molecule has 19 heavy (non-hydrogen) atoms. The van der Waals surface area contributed by atoms with Crippen molar-refractivity contribution >= 4 is 11.7 Å². The maximum Gasteiger partial charge on any atom is 0.435 e. The van der Waals surface area contributed by atoms with Crippen molar-refractivity contribution < 1.29 is 31.9 Å². The molecule has 0 spiro atoms. The van der Waals surface area contributed by atoms with E-state index in [0.29, 0.717) is 0 Å². The molecule has 1 rings (SSSR count). The second-order valence-electron chi connectivity index (χ2n) is 3.57. The summed E-state index contributed by atoms with van der Waals surface area (Å²) in [5, 5.41) is 8.83. The molecule has 1 heterocycles. The molecule has 0 radical (unpaired) electrons. The van der Waals surface area contributed by atoms with E-state index in [9.17, 15) is 26.7 Å². The molecule has 0 aromatic carbocycles. The molecule has 0 fully saturated rings. The third-order valence-corrected chi connectivity index (χ3v) is 2.41. The molecule has 0 saturated carbocycles. The van der Waals surface area contributed by atoms with Crippen molar-refractivity contribution in [2.75, 3.05) is 5.73 Å². The predicted octanol–water partition coefficient (Wildman–Crippen LogP) is 2.88. The van der Waals surface area contributed by atoms with Gasteiger partial charge in [-0.05, 0) is 12.0 Å². The Labute approximate surface area is 104 Å². The lowest BCUT2D eigenvalue weighted by molar-refractivity contribution is -0.140. The first-order chi connectivity index (χ1) is 8.61. The van der Waals surface area contributed by atoms with Gasteiger partial charge in [0.1, 0.15) is 5.69 Å². The highest BCUT2D eigenvalue weighted by molar-refractivity contribution is 5.92. The zero-order valence-electron chi connectivity index (χ0n) is 9.55. The largest absolute Gasteiger partial charge is 0.478 e. The SMILES string of the molecule is CCc1c(N)c(C(F)(F)F)nc(C(F)F)c1C(=O)O. The number of pyridine rings is 1. The minimum Gasteiger partial charge on any atom is -0.478 e. The zero-order valence-corrected chi connectivity index (χ0v) is 9.55. The smallest absolute Gasteiger partial charge is 0.435 e. The van der Waals surface area contributed by atoms with Gasteiger partial charge in [0, 0.05) is 0 Å². The van der Waals surface area contributed by atoms with Gasteiger partial charge in [-0.25, -0.2) is 18.6 Å². The third-order valence-electron chi connectivity index (χ3n) is 2.41. The maximum atomic E-state index is 12.7. The van der Waals surface area contributed by atoms with Crippen LogP contribution >= 0.6 is 0 Å². The number of carboxylic acid groups (broad SMARTS) is 1. The first kappa shape index (κ1) is 15.1. The lowest BCUT2D eigenvalue weighted by atomic mass is 10.00. The highest BCUT2D eigenvalue weighted by Crippen LogP contribution is 2.38. The summed E-state index contributed by atoms with van der Waals surface area (Å²) in [6.07, 6.45) is -8.72. The van der Waals surface area contributed by atoms with Crippen molar-refractivity contribution in [3.8, 4) is 0 Å². The number of aromatic nitrogens is 1. The molecule has 106 valence electrons. The Morgan fingerprint density at radius 2 is 1.95 bits per heavy atom. The van der Waals surface area contributed by atoms with Crippen LogP contribution in [-0.2, 0) is 12.6 Å². The molecule has 0 atom stereocenters. The predicted molar refractivity (Wildman–Crippen MR) is 54.9 cm³/mol. The Kier molecular flexibility index (Phi) is 3.97. The summed E-state index contributed by atoms with van der Waals surface area (Å²) in [5.41, 5.74) is -0.317. The molecule has 1 aromatic rings. The average Bonchev–Trinajstić information content (AvgIpc) is 2.25. The van der Waals surface area contributed by atoms with E-state index in [4.69, 9.17) is 10.8 Å². The fourth-order valence-corrected chi connectivity index (χ4v) is 1.65. The number of rotatable bonds is 3. The number of anilines is 1. The third kappa shape index (κ3) is 2.74. The van der Waals surface area contributed by atoms with E-state index in [2.05, 4.69) is 4.98 Å². The summed E-state index contributed by atoms with van der Waals surface area (Å²) >= 11 is 0. The van der Waals surface area contributed by atoms with Gasteiger partial charge >= 0.3 is 12.1 Å². The Morgan fingerprint density at radius 1 is 1.42 bits per heavy atom. The molecule has 0 aliphatic carbocycles. The number of hydrogen-bond acceptors (Lipinski definition) is 3. The molecule has 0 bridgehead atoms. The lowest BCUT2D eigenvalue weighted by Crippen LogP contribution is -2.20. The number of nitrogen functional groups attached to an aromatic ring is 1. The number of nitrogens with two attached hydrogens (primary N) is 1. The first-order valence-corrected chi connectivity index (χ1v) is 5.02. The van der Waals surface area contributed by atoms with Crippen molar-refractivity contribution in [3.05, 3.63) is 22.5 Å². The molecule has 9 heteroatoms. The summed E-state index contributed by atoms with van der Waals surface area (Å²) in [7, 11) is 0. The molecular weight excluding hydrogens is 275 g/mol. The van der Waals surface area contributed by atoms with E-state index in [-0.39, 0.29) is 6.42 Å². The average molecular weight is 284 g/mol. The van der Waals surface area contributed by atoms with E-state index in [0.717, 1.165) is 0 Å².